The van der Waals surface area contributed by atoms with Crippen LogP contribution in [0.4, 0.5) is 5.69 Å². The molecule has 6 nitrogen and oxygen atoms in total. The van der Waals surface area contributed by atoms with Gasteiger partial charge in [0.05, 0.1) is 0 Å². The van der Waals surface area contributed by atoms with E-state index in [0.717, 1.165) is 42.4 Å². The molecule has 170 valence electrons. The number of hydrogen-bond acceptors (Lipinski definition) is 5. The largest absolute Gasteiger partial charge is 0.486 e. The fourth-order valence-corrected chi connectivity index (χ4v) is 4.66. The highest BCUT2D eigenvalue weighted by Gasteiger charge is 2.27. The number of carbonyl (C=O) groups is 2. The predicted octanol–water partition coefficient (Wildman–Crippen LogP) is 4.53. The molecule has 1 N–H and O–H groups in total. The van der Waals surface area contributed by atoms with Gasteiger partial charge in [0.25, 0.3) is 0 Å². The van der Waals surface area contributed by atoms with Gasteiger partial charge < -0.3 is 19.7 Å². The first-order valence-electron chi connectivity index (χ1n) is 11.6. The van der Waals surface area contributed by atoms with Gasteiger partial charge in [0, 0.05) is 35.5 Å². The molecule has 2 heterocycles. The van der Waals surface area contributed by atoms with Crippen LogP contribution in [0.2, 0.25) is 0 Å². The van der Waals surface area contributed by atoms with Gasteiger partial charge >= 0.3 is 0 Å². The smallest absolute Gasteiger partial charge is 0.225 e. The van der Waals surface area contributed by atoms with Gasteiger partial charge in [0.15, 0.2) is 17.3 Å². The van der Waals surface area contributed by atoms with Crippen LogP contribution in [0.15, 0.2) is 60.7 Å². The van der Waals surface area contributed by atoms with Crippen molar-refractivity contribution >= 4 is 28.2 Å². The number of Topliss-reactive ketones (excluding diaryl/α,β-unsaturated/α-hetero) is 1. The normalized spacial score (nSPS) is 16.5. The summed E-state index contributed by atoms with van der Waals surface area (Å²) in [7, 11) is 0. The van der Waals surface area contributed by atoms with Crippen molar-refractivity contribution in [3.05, 3.63) is 66.2 Å². The highest BCUT2D eigenvalue weighted by molar-refractivity contribution is 6.02. The monoisotopic (exact) mass is 444 g/mol. The summed E-state index contributed by atoms with van der Waals surface area (Å²) in [5, 5.41) is 5.22. The van der Waals surface area contributed by atoms with E-state index in [4.69, 9.17) is 9.47 Å². The number of ether oxygens (including phenoxy) is 2. The topological polar surface area (TPSA) is 67.9 Å². The Morgan fingerprint density at radius 1 is 0.909 bits per heavy atom. The number of nitrogens with one attached hydrogen (secondary N) is 1. The lowest BCUT2D eigenvalue weighted by molar-refractivity contribution is -0.116. The molecule has 1 saturated heterocycles. The molecular weight excluding hydrogens is 416 g/mol. The van der Waals surface area contributed by atoms with Gasteiger partial charge in [-0.1, -0.05) is 36.4 Å². The Morgan fingerprint density at radius 3 is 2.52 bits per heavy atom. The second kappa shape index (κ2) is 9.63. The van der Waals surface area contributed by atoms with Crippen LogP contribution in [-0.4, -0.2) is 49.4 Å². The highest BCUT2D eigenvalue weighted by Crippen LogP contribution is 2.32. The summed E-state index contributed by atoms with van der Waals surface area (Å²) in [6.07, 6.45) is 2.04. The number of anilines is 1. The molecule has 0 unspecified atom stereocenters. The molecule has 0 atom stereocenters. The molecular formula is C27H28N2O4. The van der Waals surface area contributed by atoms with Gasteiger partial charge in [-0.05, 0) is 55.6 Å². The van der Waals surface area contributed by atoms with E-state index >= 15 is 0 Å². The lowest BCUT2D eigenvalue weighted by Gasteiger charge is -2.31. The van der Waals surface area contributed by atoms with E-state index in [1.54, 1.807) is 6.07 Å². The standard InChI is InChI=1S/C27H28N2O4/c30-26(28-23-7-3-5-19-4-1-2-6-22(19)23)12-15-29-13-10-20(11-14-29)27(31)21-8-9-24-25(18-21)33-17-16-32-24/h1-9,18,20H,10-17H2,(H,28,30). The van der Waals surface area contributed by atoms with E-state index in [1.807, 2.05) is 54.6 Å². The third-order valence-electron chi connectivity index (χ3n) is 6.50. The van der Waals surface area contributed by atoms with Crippen molar-refractivity contribution in [2.75, 3.05) is 38.2 Å². The van der Waals surface area contributed by atoms with Crippen molar-refractivity contribution < 1.29 is 19.1 Å². The first-order chi connectivity index (χ1) is 16.2. The summed E-state index contributed by atoms with van der Waals surface area (Å²) in [6.45, 7) is 3.39. The Kier molecular flexibility index (Phi) is 6.26. The zero-order valence-corrected chi connectivity index (χ0v) is 18.6. The molecule has 2 aliphatic rings. The van der Waals surface area contributed by atoms with Crippen LogP contribution in [0.1, 0.15) is 29.6 Å². The van der Waals surface area contributed by atoms with E-state index in [-0.39, 0.29) is 17.6 Å². The zero-order valence-electron chi connectivity index (χ0n) is 18.6. The number of carbonyl (C=O) groups excluding carboxylic acids is 2. The Balaban J connectivity index is 1.11. The van der Waals surface area contributed by atoms with Gasteiger partial charge in [-0.3, -0.25) is 9.59 Å². The van der Waals surface area contributed by atoms with Gasteiger partial charge in [-0.2, -0.15) is 0 Å². The number of hydrogen-bond donors (Lipinski definition) is 1. The number of piperidine rings is 1. The van der Waals surface area contributed by atoms with Crippen molar-refractivity contribution in [2.24, 2.45) is 5.92 Å². The van der Waals surface area contributed by atoms with Crippen molar-refractivity contribution in [1.82, 2.24) is 4.90 Å². The molecule has 0 spiro atoms. The van der Waals surface area contributed by atoms with Crippen LogP contribution in [-0.2, 0) is 4.79 Å². The maximum absolute atomic E-state index is 13.0. The molecule has 1 amide bonds. The molecule has 0 radical (unpaired) electrons. The van der Waals surface area contributed by atoms with Crippen LogP contribution < -0.4 is 14.8 Å². The lowest BCUT2D eigenvalue weighted by Crippen LogP contribution is -2.38. The van der Waals surface area contributed by atoms with E-state index < -0.39 is 0 Å². The number of amides is 1. The summed E-state index contributed by atoms with van der Waals surface area (Å²) >= 11 is 0. The SMILES string of the molecule is O=C(CCN1CCC(C(=O)c2ccc3c(c2)OCCO3)CC1)Nc1cccc2ccccc12. The van der Waals surface area contributed by atoms with Crippen LogP contribution in [0.3, 0.4) is 0 Å². The molecule has 1 fully saturated rings. The van der Waals surface area contributed by atoms with Crippen LogP contribution in [0, 0.1) is 5.92 Å². The van der Waals surface area contributed by atoms with Crippen molar-refractivity contribution in [3.63, 3.8) is 0 Å². The second-order valence-corrected chi connectivity index (χ2v) is 8.66. The average Bonchev–Trinajstić information content (AvgIpc) is 2.87. The van der Waals surface area contributed by atoms with Crippen molar-refractivity contribution in [2.45, 2.75) is 19.3 Å². The van der Waals surface area contributed by atoms with E-state index in [0.29, 0.717) is 43.2 Å². The molecule has 6 heteroatoms. The fourth-order valence-electron chi connectivity index (χ4n) is 4.66. The molecule has 2 aliphatic heterocycles. The quantitative estimate of drug-likeness (QED) is 0.566. The number of rotatable bonds is 6. The predicted molar refractivity (Wildman–Crippen MR) is 128 cm³/mol. The zero-order chi connectivity index (χ0) is 22.6. The van der Waals surface area contributed by atoms with Gasteiger partial charge in [-0.15, -0.1) is 0 Å². The summed E-state index contributed by atoms with van der Waals surface area (Å²) in [4.78, 5) is 27.8. The first-order valence-corrected chi connectivity index (χ1v) is 11.6. The van der Waals surface area contributed by atoms with Crippen molar-refractivity contribution in [3.8, 4) is 11.5 Å². The number of fused-ring (bicyclic) bond motifs is 2. The van der Waals surface area contributed by atoms with Gasteiger partial charge in [-0.25, -0.2) is 0 Å². The molecule has 3 aromatic rings. The van der Waals surface area contributed by atoms with Crippen molar-refractivity contribution in [1.29, 1.82) is 0 Å². The number of nitrogens with zero attached hydrogens (tertiary/aromatic N) is 1. The van der Waals surface area contributed by atoms with Crippen LogP contribution >= 0.6 is 0 Å². The first kappa shape index (κ1) is 21.5. The fraction of sp³-hybridized carbons (Fsp3) is 0.333. The minimum absolute atomic E-state index is 0.00770. The lowest BCUT2D eigenvalue weighted by atomic mass is 9.88. The Hall–Kier alpha value is -3.38. The minimum Gasteiger partial charge on any atom is -0.486 e. The minimum atomic E-state index is 0.00770. The summed E-state index contributed by atoms with van der Waals surface area (Å²) in [6, 6.07) is 19.4. The third-order valence-corrected chi connectivity index (χ3v) is 6.50. The molecule has 5 rings (SSSR count). The van der Waals surface area contributed by atoms with E-state index in [1.165, 1.54) is 0 Å². The Morgan fingerprint density at radius 2 is 1.67 bits per heavy atom. The summed E-state index contributed by atoms with van der Waals surface area (Å²) < 4.78 is 11.2. The maximum atomic E-state index is 13.0. The summed E-state index contributed by atoms with van der Waals surface area (Å²) in [5.74, 6) is 1.55. The third kappa shape index (κ3) is 4.86. The van der Waals surface area contributed by atoms with Crippen LogP contribution in [0.25, 0.3) is 10.8 Å². The second-order valence-electron chi connectivity index (χ2n) is 8.66. The summed E-state index contributed by atoms with van der Waals surface area (Å²) in [5.41, 5.74) is 1.54. The van der Waals surface area contributed by atoms with Gasteiger partial charge in [0.2, 0.25) is 5.91 Å². The maximum Gasteiger partial charge on any atom is 0.225 e. The Bertz CT molecular complexity index is 1160. The average molecular weight is 445 g/mol. The van der Waals surface area contributed by atoms with E-state index in [2.05, 4.69) is 10.2 Å². The Labute approximate surface area is 193 Å². The number of ketones is 1. The molecule has 33 heavy (non-hydrogen) atoms. The molecule has 0 aromatic heterocycles. The van der Waals surface area contributed by atoms with E-state index in [9.17, 15) is 9.59 Å². The highest BCUT2D eigenvalue weighted by atomic mass is 16.6. The molecule has 3 aromatic carbocycles. The van der Waals surface area contributed by atoms with Crippen LogP contribution in [0.5, 0.6) is 11.5 Å². The number of likely N-dealkylation sites (tertiary alicyclic amines) is 1. The number of benzene rings is 3. The molecule has 0 aliphatic carbocycles. The molecule has 0 bridgehead atoms. The van der Waals surface area contributed by atoms with Gasteiger partial charge in [0.1, 0.15) is 13.2 Å². The molecule has 0 saturated carbocycles.